The molecule has 1 atom stereocenters. The summed E-state index contributed by atoms with van der Waals surface area (Å²) in [4.78, 5) is 36.6. The van der Waals surface area contributed by atoms with Crippen LogP contribution in [0.3, 0.4) is 0 Å². The third-order valence-corrected chi connectivity index (χ3v) is 2.70. The van der Waals surface area contributed by atoms with Crippen molar-refractivity contribution in [2.75, 3.05) is 26.3 Å². The lowest BCUT2D eigenvalue weighted by Gasteiger charge is -2.33. The maximum atomic E-state index is 12.0. The van der Waals surface area contributed by atoms with Gasteiger partial charge in [0.25, 0.3) is 0 Å². The third kappa shape index (κ3) is 6.12. The van der Waals surface area contributed by atoms with Gasteiger partial charge >= 0.3 is 12.1 Å². The summed E-state index contributed by atoms with van der Waals surface area (Å²) >= 11 is 0. The molecule has 0 N–H and O–H groups in total. The number of nitrogens with zero attached hydrogens (tertiary/aromatic N) is 1. The first-order chi connectivity index (χ1) is 9.73. The van der Waals surface area contributed by atoms with Crippen molar-refractivity contribution in [1.29, 1.82) is 0 Å². The molecule has 0 aliphatic carbocycles. The Labute approximate surface area is 124 Å². The van der Waals surface area contributed by atoms with E-state index in [2.05, 4.69) is 0 Å². The van der Waals surface area contributed by atoms with E-state index in [9.17, 15) is 14.4 Å². The van der Waals surface area contributed by atoms with Gasteiger partial charge in [0.15, 0.2) is 5.78 Å². The second-order valence-electron chi connectivity index (χ2n) is 5.73. The van der Waals surface area contributed by atoms with Crippen LogP contribution in [0.4, 0.5) is 4.79 Å². The van der Waals surface area contributed by atoms with E-state index >= 15 is 0 Å². The van der Waals surface area contributed by atoms with Crippen molar-refractivity contribution in [3.63, 3.8) is 0 Å². The molecule has 0 bridgehead atoms. The van der Waals surface area contributed by atoms with Gasteiger partial charge in [0, 0.05) is 6.54 Å². The molecule has 0 aromatic carbocycles. The topological polar surface area (TPSA) is 82.1 Å². The quantitative estimate of drug-likeness (QED) is 0.572. The minimum absolute atomic E-state index is 0.0904. The fraction of sp³-hybridized carbons (Fsp3) is 0.786. The summed E-state index contributed by atoms with van der Waals surface area (Å²) in [6.45, 7) is 7.90. The van der Waals surface area contributed by atoms with Crippen molar-refractivity contribution in [1.82, 2.24) is 4.90 Å². The highest BCUT2D eigenvalue weighted by Crippen LogP contribution is 2.14. The van der Waals surface area contributed by atoms with Crippen LogP contribution in [0.1, 0.15) is 34.1 Å². The average Bonchev–Trinajstić information content (AvgIpc) is 2.37. The molecule has 0 spiro atoms. The molecule has 7 heteroatoms. The van der Waals surface area contributed by atoms with Crippen LogP contribution in [-0.2, 0) is 23.8 Å². The number of rotatable bonds is 4. The van der Waals surface area contributed by atoms with Gasteiger partial charge in [0.05, 0.1) is 19.8 Å². The maximum absolute atomic E-state index is 12.0. The Morgan fingerprint density at radius 3 is 2.52 bits per heavy atom. The molecular formula is C14H23NO6. The minimum Gasteiger partial charge on any atom is -0.466 e. The lowest BCUT2D eigenvalue weighted by Crippen LogP contribution is -2.50. The number of carbonyl (C=O) groups excluding carboxylic acids is 3. The van der Waals surface area contributed by atoms with Crippen LogP contribution in [0.2, 0.25) is 0 Å². The zero-order valence-electron chi connectivity index (χ0n) is 13.0. The number of morpholine rings is 1. The van der Waals surface area contributed by atoms with Crippen molar-refractivity contribution in [3.8, 4) is 0 Å². The van der Waals surface area contributed by atoms with Crippen molar-refractivity contribution in [2.24, 2.45) is 0 Å². The van der Waals surface area contributed by atoms with Crippen molar-refractivity contribution in [3.05, 3.63) is 0 Å². The molecule has 1 aliphatic rings. The molecule has 120 valence electrons. The summed E-state index contributed by atoms with van der Waals surface area (Å²) in [5.41, 5.74) is -0.597. The Bertz CT molecular complexity index is 401. The molecule has 1 heterocycles. The molecular weight excluding hydrogens is 278 g/mol. The van der Waals surface area contributed by atoms with Gasteiger partial charge in [0.2, 0.25) is 0 Å². The first kappa shape index (κ1) is 17.4. The highest BCUT2D eigenvalue weighted by molar-refractivity contribution is 5.98. The zero-order chi connectivity index (χ0) is 16.0. The van der Waals surface area contributed by atoms with E-state index in [0.29, 0.717) is 6.54 Å². The molecule has 0 aromatic rings. The number of esters is 1. The van der Waals surface area contributed by atoms with Gasteiger partial charge in [-0.15, -0.1) is 0 Å². The van der Waals surface area contributed by atoms with E-state index in [1.807, 2.05) is 0 Å². The fourth-order valence-electron chi connectivity index (χ4n) is 1.80. The van der Waals surface area contributed by atoms with Crippen LogP contribution < -0.4 is 0 Å². The van der Waals surface area contributed by atoms with Gasteiger partial charge in [-0.3, -0.25) is 9.59 Å². The number of Topliss-reactive ketones (excluding diaryl/α,β-unsaturated/α-hetero) is 1. The lowest BCUT2D eigenvalue weighted by atomic mass is 10.1. The summed E-state index contributed by atoms with van der Waals surface area (Å²) in [6.07, 6.45) is -1.64. The largest absolute Gasteiger partial charge is 0.466 e. The van der Waals surface area contributed by atoms with E-state index < -0.39 is 23.8 Å². The fourth-order valence-corrected chi connectivity index (χ4v) is 1.80. The summed E-state index contributed by atoms with van der Waals surface area (Å²) in [5.74, 6) is -0.970. The number of hydrogen-bond acceptors (Lipinski definition) is 6. The molecule has 1 rings (SSSR count). The molecule has 0 saturated carbocycles. The maximum Gasteiger partial charge on any atom is 0.410 e. The van der Waals surface area contributed by atoms with Crippen molar-refractivity contribution >= 4 is 17.8 Å². The Morgan fingerprint density at radius 1 is 1.29 bits per heavy atom. The smallest absolute Gasteiger partial charge is 0.410 e. The van der Waals surface area contributed by atoms with Gasteiger partial charge in [-0.05, 0) is 27.7 Å². The molecule has 1 aliphatic heterocycles. The van der Waals surface area contributed by atoms with Crippen LogP contribution >= 0.6 is 0 Å². The monoisotopic (exact) mass is 301 g/mol. The average molecular weight is 301 g/mol. The zero-order valence-corrected chi connectivity index (χ0v) is 13.0. The lowest BCUT2D eigenvalue weighted by molar-refractivity contribution is -0.149. The standard InChI is InChI=1S/C14H23NO6/c1-5-19-12(17)8-10(16)11-9-15(6-7-20-11)13(18)21-14(2,3)4/h11H,5-9H2,1-4H3/t11-/m1/s1. The van der Waals surface area contributed by atoms with Crippen LogP contribution in [0.5, 0.6) is 0 Å². The summed E-state index contributed by atoms with van der Waals surface area (Å²) in [6, 6.07) is 0. The Hall–Kier alpha value is -1.63. The second-order valence-corrected chi connectivity index (χ2v) is 5.73. The molecule has 0 radical (unpaired) electrons. The molecule has 1 fully saturated rings. The number of hydrogen-bond donors (Lipinski definition) is 0. The van der Waals surface area contributed by atoms with Gasteiger partial charge in [-0.1, -0.05) is 0 Å². The highest BCUT2D eigenvalue weighted by atomic mass is 16.6. The Balaban J connectivity index is 2.53. The molecule has 0 unspecified atom stereocenters. The Kier molecular flexibility index (Phi) is 6.14. The van der Waals surface area contributed by atoms with E-state index in [-0.39, 0.29) is 32.0 Å². The molecule has 1 saturated heterocycles. The van der Waals surface area contributed by atoms with Crippen molar-refractivity contribution in [2.45, 2.75) is 45.8 Å². The molecule has 21 heavy (non-hydrogen) atoms. The van der Waals surface area contributed by atoms with Crippen LogP contribution in [-0.4, -0.2) is 60.8 Å². The SMILES string of the molecule is CCOC(=O)CC(=O)[C@H]1CN(C(=O)OC(C)(C)C)CCO1. The number of ether oxygens (including phenoxy) is 3. The van der Waals surface area contributed by atoms with Crippen molar-refractivity contribution < 1.29 is 28.6 Å². The normalized spacial score (nSPS) is 19.0. The van der Waals surface area contributed by atoms with E-state index in [0.717, 1.165) is 0 Å². The van der Waals surface area contributed by atoms with Gasteiger partial charge in [-0.25, -0.2) is 4.79 Å². The minimum atomic E-state index is -0.810. The van der Waals surface area contributed by atoms with Gasteiger partial charge < -0.3 is 19.1 Å². The van der Waals surface area contributed by atoms with E-state index in [1.165, 1.54) is 4.90 Å². The number of amides is 1. The number of carbonyl (C=O) groups is 3. The first-order valence-corrected chi connectivity index (χ1v) is 7.00. The highest BCUT2D eigenvalue weighted by Gasteiger charge is 2.32. The summed E-state index contributed by atoms with van der Waals surface area (Å²) in [5, 5.41) is 0. The number of ketones is 1. The summed E-state index contributed by atoms with van der Waals surface area (Å²) < 4.78 is 15.3. The van der Waals surface area contributed by atoms with E-state index in [4.69, 9.17) is 14.2 Å². The molecule has 0 aromatic heterocycles. The molecule has 7 nitrogen and oxygen atoms in total. The first-order valence-electron chi connectivity index (χ1n) is 7.00. The Morgan fingerprint density at radius 2 is 1.95 bits per heavy atom. The summed E-state index contributed by atoms with van der Waals surface area (Å²) in [7, 11) is 0. The van der Waals surface area contributed by atoms with Gasteiger partial charge in [0.1, 0.15) is 18.1 Å². The van der Waals surface area contributed by atoms with Crippen LogP contribution in [0.15, 0.2) is 0 Å². The predicted octanol–water partition coefficient (Wildman–Crippen LogP) is 1.14. The second kappa shape index (κ2) is 7.40. The van der Waals surface area contributed by atoms with E-state index in [1.54, 1.807) is 27.7 Å². The predicted molar refractivity (Wildman–Crippen MR) is 73.8 cm³/mol. The van der Waals surface area contributed by atoms with Crippen LogP contribution in [0, 0.1) is 0 Å². The third-order valence-electron chi connectivity index (χ3n) is 2.70. The van der Waals surface area contributed by atoms with Gasteiger partial charge in [-0.2, -0.15) is 0 Å². The van der Waals surface area contributed by atoms with Crippen LogP contribution in [0.25, 0.3) is 0 Å². The molecule has 1 amide bonds.